The van der Waals surface area contributed by atoms with Crippen LogP contribution in [0.5, 0.6) is 5.75 Å². The molecule has 2 rings (SSSR count). The Kier molecular flexibility index (Phi) is 6.74. The van der Waals surface area contributed by atoms with Crippen molar-refractivity contribution in [1.82, 2.24) is 5.53 Å². The highest BCUT2D eigenvalue weighted by molar-refractivity contribution is 6.31. The molecule has 1 heterocycles. The number of benzene rings is 1. The number of nitrogens with one attached hydrogen (secondary N) is 1. The van der Waals surface area contributed by atoms with E-state index in [-0.39, 0.29) is 0 Å². The van der Waals surface area contributed by atoms with Crippen molar-refractivity contribution in [2.45, 2.75) is 52.4 Å². The predicted octanol–water partition coefficient (Wildman–Crippen LogP) is 4.11. The SMILES string of the molecule is CCCCCC1=NNN(c2ccc(OCCCC)cc2)N=C1. The molecular weight excluding hydrogens is 276 g/mol. The third-order valence-electron chi connectivity index (χ3n) is 3.49. The largest absolute Gasteiger partial charge is 0.494 e. The van der Waals surface area contributed by atoms with Gasteiger partial charge in [-0.2, -0.15) is 20.9 Å². The molecule has 5 heteroatoms. The van der Waals surface area contributed by atoms with Crippen molar-refractivity contribution in [3.63, 3.8) is 0 Å². The Morgan fingerprint density at radius 3 is 2.45 bits per heavy atom. The van der Waals surface area contributed by atoms with Crippen LogP contribution in [0, 0.1) is 0 Å². The van der Waals surface area contributed by atoms with Gasteiger partial charge in [-0.1, -0.05) is 33.1 Å². The second kappa shape index (κ2) is 9.07. The molecule has 0 saturated carbocycles. The summed E-state index contributed by atoms with van der Waals surface area (Å²) in [6, 6.07) is 7.87. The van der Waals surface area contributed by atoms with E-state index in [9.17, 15) is 0 Å². The van der Waals surface area contributed by atoms with E-state index in [1.165, 1.54) is 12.8 Å². The molecule has 120 valence electrons. The number of nitrogens with zero attached hydrogens (tertiary/aromatic N) is 3. The van der Waals surface area contributed by atoms with Gasteiger partial charge in [0.05, 0.1) is 24.2 Å². The summed E-state index contributed by atoms with van der Waals surface area (Å²) < 4.78 is 5.66. The molecule has 0 fully saturated rings. The Labute approximate surface area is 133 Å². The normalized spacial score (nSPS) is 13.7. The fraction of sp³-hybridized carbons (Fsp3) is 0.529. The summed E-state index contributed by atoms with van der Waals surface area (Å²) in [6.07, 6.45) is 8.64. The first-order valence-corrected chi connectivity index (χ1v) is 8.22. The third kappa shape index (κ3) is 5.06. The number of anilines is 1. The molecule has 5 nitrogen and oxygen atoms in total. The van der Waals surface area contributed by atoms with Crippen LogP contribution in [0.15, 0.2) is 34.5 Å². The maximum atomic E-state index is 5.66. The summed E-state index contributed by atoms with van der Waals surface area (Å²) in [6.45, 7) is 5.12. The van der Waals surface area contributed by atoms with E-state index in [1.807, 2.05) is 30.5 Å². The van der Waals surface area contributed by atoms with Crippen LogP contribution >= 0.6 is 0 Å². The zero-order chi connectivity index (χ0) is 15.6. The van der Waals surface area contributed by atoms with Crippen molar-refractivity contribution in [3.8, 4) is 5.75 Å². The van der Waals surface area contributed by atoms with Crippen LogP contribution in [0.2, 0.25) is 0 Å². The molecule has 1 N–H and O–H groups in total. The highest BCUT2D eigenvalue weighted by Crippen LogP contribution is 2.19. The van der Waals surface area contributed by atoms with Crippen LogP contribution in [-0.2, 0) is 0 Å². The highest BCUT2D eigenvalue weighted by atomic mass is 16.5. The van der Waals surface area contributed by atoms with Crippen molar-refractivity contribution in [2.75, 3.05) is 11.7 Å². The van der Waals surface area contributed by atoms with Crippen molar-refractivity contribution in [3.05, 3.63) is 24.3 Å². The molecular formula is C17H26N4O. The Hall–Kier alpha value is -2.04. The molecule has 0 aromatic heterocycles. The van der Waals surface area contributed by atoms with Crippen LogP contribution < -0.4 is 15.4 Å². The van der Waals surface area contributed by atoms with Gasteiger partial charge in [0, 0.05) is 0 Å². The molecule has 1 aliphatic heterocycles. The molecule has 0 bridgehead atoms. The van der Waals surface area contributed by atoms with E-state index in [4.69, 9.17) is 4.74 Å². The van der Waals surface area contributed by atoms with Crippen LogP contribution in [0.1, 0.15) is 52.4 Å². The lowest BCUT2D eigenvalue weighted by atomic mass is 10.1. The number of hydrazone groups is 2. The highest BCUT2D eigenvalue weighted by Gasteiger charge is 2.09. The average Bonchev–Trinajstić information content (AvgIpc) is 2.57. The van der Waals surface area contributed by atoms with Crippen molar-refractivity contribution >= 4 is 17.6 Å². The maximum absolute atomic E-state index is 5.66. The van der Waals surface area contributed by atoms with E-state index in [0.29, 0.717) is 0 Å². The number of hydrogen-bond acceptors (Lipinski definition) is 5. The summed E-state index contributed by atoms with van der Waals surface area (Å²) in [5, 5.41) is 10.4. The number of hydrazine groups is 1. The average molecular weight is 302 g/mol. The van der Waals surface area contributed by atoms with Crippen LogP contribution in [-0.4, -0.2) is 18.5 Å². The van der Waals surface area contributed by atoms with Gasteiger partial charge in [0.1, 0.15) is 5.75 Å². The van der Waals surface area contributed by atoms with Gasteiger partial charge >= 0.3 is 0 Å². The summed E-state index contributed by atoms with van der Waals surface area (Å²) >= 11 is 0. The lowest BCUT2D eigenvalue weighted by Crippen LogP contribution is -2.34. The Balaban J connectivity index is 1.82. The molecule has 1 aromatic carbocycles. The van der Waals surface area contributed by atoms with Crippen LogP contribution in [0.25, 0.3) is 0 Å². The number of rotatable bonds is 9. The third-order valence-corrected chi connectivity index (χ3v) is 3.49. The van der Waals surface area contributed by atoms with Gasteiger partial charge in [-0.05, 0) is 43.5 Å². The zero-order valence-corrected chi connectivity index (χ0v) is 13.6. The predicted molar refractivity (Wildman–Crippen MR) is 92.5 cm³/mol. The second-order valence-electron chi connectivity index (χ2n) is 5.41. The molecule has 0 amide bonds. The minimum atomic E-state index is 0.765. The van der Waals surface area contributed by atoms with Crippen molar-refractivity contribution < 1.29 is 4.74 Å². The summed E-state index contributed by atoms with van der Waals surface area (Å²) in [5.41, 5.74) is 4.91. The van der Waals surface area contributed by atoms with E-state index in [1.54, 1.807) is 5.12 Å². The lowest BCUT2D eigenvalue weighted by molar-refractivity contribution is 0.309. The zero-order valence-electron chi connectivity index (χ0n) is 13.6. The Bertz CT molecular complexity index is 496. The molecule has 0 radical (unpaired) electrons. The summed E-state index contributed by atoms with van der Waals surface area (Å²) in [7, 11) is 0. The van der Waals surface area contributed by atoms with Crippen LogP contribution in [0.3, 0.4) is 0 Å². The minimum Gasteiger partial charge on any atom is -0.494 e. The molecule has 22 heavy (non-hydrogen) atoms. The van der Waals surface area contributed by atoms with Crippen molar-refractivity contribution in [2.24, 2.45) is 10.2 Å². The quantitative estimate of drug-likeness (QED) is 0.698. The van der Waals surface area contributed by atoms with Gasteiger partial charge in [0.2, 0.25) is 0 Å². The van der Waals surface area contributed by atoms with Gasteiger partial charge in [-0.3, -0.25) is 0 Å². The van der Waals surface area contributed by atoms with E-state index < -0.39 is 0 Å². The first kappa shape index (κ1) is 16.3. The Morgan fingerprint density at radius 1 is 1.05 bits per heavy atom. The number of hydrogen-bond donors (Lipinski definition) is 1. The van der Waals surface area contributed by atoms with Gasteiger partial charge in [0.25, 0.3) is 0 Å². The topological polar surface area (TPSA) is 49.2 Å². The van der Waals surface area contributed by atoms with E-state index in [0.717, 1.165) is 49.4 Å². The molecule has 0 aliphatic carbocycles. The Morgan fingerprint density at radius 2 is 1.82 bits per heavy atom. The molecule has 1 aromatic rings. The first-order chi connectivity index (χ1) is 10.8. The maximum Gasteiger partial charge on any atom is 0.119 e. The van der Waals surface area contributed by atoms with E-state index >= 15 is 0 Å². The summed E-state index contributed by atoms with van der Waals surface area (Å²) in [5.74, 6) is 0.891. The van der Waals surface area contributed by atoms with Crippen LogP contribution in [0.4, 0.5) is 5.69 Å². The molecule has 0 atom stereocenters. The molecule has 0 saturated heterocycles. The molecule has 0 unspecified atom stereocenters. The monoisotopic (exact) mass is 302 g/mol. The lowest BCUT2D eigenvalue weighted by Gasteiger charge is -2.21. The van der Waals surface area contributed by atoms with Gasteiger partial charge in [-0.25, -0.2) is 0 Å². The molecule has 1 aliphatic rings. The fourth-order valence-corrected chi connectivity index (χ4v) is 2.11. The fourth-order valence-electron chi connectivity index (χ4n) is 2.11. The van der Waals surface area contributed by atoms with Gasteiger partial charge < -0.3 is 4.74 Å². The van der Waals surface area contributed by atoms with Gasteiger partial charge in [0.15, 0.2) is 0 Å². The number of ether oxygens (including phenoxy) is 1. The van der Waals surface area contributed by atoms with E-state index in [2.05, 4.69) is 29.6 Å². The standard InChI is InChI=1S/C17H26N4O/c1-3-5-7-8-15-14-18-21(20-19-15)16-9-11-17(12-10-16)22-13-6-4-2/h9-12,14,20H,3-8,13H2,1-2H3. The minimum absolute atomic E-state index is 0.765. The smallest absolute Gasteiger partial charge is 0.119 e. The second-order valence-corrected chi connectivity index (χ2v) is 5.41. The number of unbranched alkanes of at least 4 members (excludes halogenated alkanes) is 3. The first-order valence-electron chi connectivity index (χ1n) is 8.22. The van der Waals surface area contributed by atoms with Gasteiger partial charge in [-0.15, -0.1) is 0 Å². The molecule has 0 spiro atoms. The van der Waals surface area contributed by atoms with Crippen molar-refractivity contribution in [1.29, 1.82) is 0 Å². The summed E-state index contributed by atoms with van der Waals surface area (Å²) in [4.78, 5) is 0.